The van der Waals surface area contributed by atoms with Gasteiger partial charge in [-0.3, -0.25) is 9.59 Å². The van der Waals surface area contributed by atoms with Gasteiger partial charge in [0.2, 0.25) is 0 Å². The standard InChI is InChI=1S/C19H32O15/c1-7(21)29-4-9(32-8(2)22)5-30-18-17(28)15(26)13(24)11(34-18)6-31-19-16(27)14(25)12(23)10(3-20)33-19/h9-20,23-28H,3-6H2,1-2H3/t9?,10?,11?,12-,13-,14?,15?,16?,17?,18?,19?/m1/s1. The van der Waals surface area contributed by atoms with Crippen LogP contribution in [0.1, 0.15) is 13.8 Å². The van der Waals surface area contributed by atoms with Crippen molar-refractivity contribution < 1.29 is 73.8 Å². The van der Waals surface area contributed by atoms with Gasteiger partial charge in [0.05, 0.1) is 19.8 Å². The van der Waals surface area contributed by atoms with Gasteiger partial charge in [0.1, 0.15) is 55.4 Å². The maximum atomic E-state index is 11.2. The average molecular weight is 500 g/mol. The van der Waals surface area contributed by atoms with Gasteiger partial charge in [-0.1, -0.05) is 0 Å². The lowest BCUT2D eigenvalue weighted by molar-refractivity contribution is -0.332. The molecule has 9 unspecified atom stereocenters. The summed E-state index contributed by atoms with van der Waals surface area (Å²) in [6, 6.07) is 0. The maximum Gasteiger partial charge on any atom is 0.303 e. The number of ether oxygens (including phenoxy) is 6. The summed E-state index contributed by atoms with van der Waals surface area (Å²) in [5.41, 5.74) is 0. The van der Waals surface area contributed by atoms with Crippen LogP contribution in [0.15, 0.2) is 0 Å². The molecular formula is C19H32O15. The minimum atomic E-state index is -1.75. The molecule has 0 bridgehead atoms. The van der Waals surface area contributed by atoms with Crippen molar-refractivity contribution in [2.45, 2.75) is 81.4 Å². The summed E-state index contributed by atoms with van der Waals surface area (Å²) in [7, 11) is 0. The second kappa shape index (κ2) is 13.0. The number of hydrogen-bond donors (Lipinski definition) is 7. The Hall–Kier alpha value is -1.50. The molecule has 0 aromatic rings. The second-order valence-corrected chi connectivity index (χ2v) is 7.91. The topological polar surface area (TPSA) is 231 Å². The zero-order valence-corrected chi connectivity index (χ0v) is 18.6. The van der Waals surface area contributed by atoms with E-state index in [1.54, 1.807) is 0 Å². The van der Waals surface area contributed by atoms with Crippen molar-refractivity contribution in [1.29, 1.82) is 0 Å². The third-order valence-corrected chi connectivity index (χ3v) is 5.19. The first-order chi connectivity index (χ1) is 16.0. The molecule has 2 fully saturated rings. The van der Waals surface area contributed by atoms with Crippen molar-refractivity contribution in [3.63, 3.8) is 0 Å². The molecule has 0 saturated carbocycles. The molecule has 15 heteroatoms. The molecule has 0 amide bonds. The molecular weight excluding hydrogens is 468 g/mol. The Kier molecular flexibility index (Phi) is 11.0. The van der Waals surface area contributed by atoms with Crippen molar-refractivity contribution in [3.8, 4) is 0 Å². The van der Waals surface area contributed by atoms with Crippen molar-refractivity contribution in [2.24, 2.45) is 0 Å². The van der Waals surface area contributed by atoms with Crippen LogP contribution >= 0.6 is 0 Å². The molecule has 34 heavy (non-hydrogen) atoms. The van der Waals surface area contributed by atoms with Crippen LogP contribution in [-0.4, -0.2) is 142 Å². The fraction of sp³-hybridized carbons (Fsp3) is 0.895. The van der Waals surface area contributed by atoms with Gasteiger partial charge >= 0.3 is 11.9 Å². The molecule has 2 heterocycles. The van der Waals surface area contributed by atoms with Crippen molar-refractivity contribution >= 4 is 11.9 Å². The largest absolute Gasteiger partial charge is 0.462 e. The normalized spacial score (nSPS) is 39.3. The van der Waals surface area contributed by atoms with Gasteiger partial charge in [0.15, 0.2) is 18.7 Å². The van der Waals surface area contributed by atoms with E-state index in [-0.39, 0.29) is 6.61 Å². The Morgan fingerprint density at radius 1 is 0.735 bits per heavy atom. The molecule has 15 nitrogen and oxygen atoms in total. The molecule has 2 aliphatic rings. The molecule has 11 atom stereocenters. The van der Waals surface area contributed by atoms with Crippen LogP contribution in [0.4, 0.5) is 0 Å². The molecule has 0 aromatic heterocycles. The van der Waals surface area contributed by atoms with E-state index in [1.807, 2.05) is 0 Å². The quantitative estimate of drug-likeness (QED) is 0.139. The number of hydrogen-bond acceptors (Lipinski definition) is 15. The Morgan fingerprint density at radius 3 is 1.79 bits per heavy atom. The van der Waals surface area contributed by atoms with Crippen molar-refractivity contribution in [1.82, 2.24) is 0 Å². The number of carbonyl (C=O) groups excluding carboxylic acids is 2. The third kappa shape index (κ3) is 7.50. The number of aliphatic hydroxyl groups excluding tert-OH is 7. The van der Waals surface area contributed by atoms with E-state index >= 15 is 0 Å². The van der Waals surface area contributed by atoms with E-state index in [0.29, 0.717) is 0 Å². The van der Waals surface area contributed by atoms with Gasteiger partial charge in [-0.05, 0) is 0 Å². The summed E-state index contributed by atoms with van der Waals surface area (Å²) < 4.78 is 31.0. The first-order valence-electron chi connectivity index (χ1n) is 10.5. The van der Waals surface area contributed by atoms with Gasteiger partial charge in [0.25, 0.3) is 0 Å². The van der Waals surface area contributed by atoms with E-state index in [4.69, 9.17) is 28.4 Å². The Balaban J connectivity index is 1.98. The highest BCUT2D eigenvalue weighted by Crippen LogP contribution is 2.26. The fourth-order valence-electron chi connectivity index (χ4n) is 3.35. The van der Waals surface area contributed by atoms with Crippen LogP contribution in [0.25, 0.3) is 0 Å². The molecule has 0 aromatic carbocycles. The molecule has 7 N–H and O–H groups in total. The predicted molar refractivity (Wildman–Crippen MR) is 105 cm³/mol. The summed E-state index contributed by atoms with van der Waals surface area (Å²) in [4.78, 5) is 22.2. The third-order valence-electron chi connectivity index (χ3n) is 5.19. The monoisotopic (exact) mass is 500 g/mol. The van der Waals surface area contributed by atoms with Crippen molar-refractivity contribution in [2.75, 3.05) is 26.4 Å². The van der Waals surface area contributed by atoms with E-state index in [1.165, 1.54) is 0 Å². The van der Waals surface area contributed by atoms with Crippen molar-refractivity contribution in [3.05, 3.63) is 0 Å². The van der Waals surface area contributed by atoms with E-state index in [9.17, 15) is 45.3 Å². The first kappa shape index (κ1) is 28.7. The molecule has 2 rings (SSSR count). The highest BCUT2D eigenvalue weighted by atomic mass is 16.7. The van der Waals surface area contributed by atoms with Gasteiger partial charge in [-0.2, -0.15) is 0 Å². The minimum absolute atomic E-state index is 0.341. The van der Waals surface area contributed by atoms with Gasteiger partial charge < -0.3 is 64.2 Å². The van der Waals surface area contributed by atoms with Gasteiger partial charge in [-0.15, -0.1) is 0 Å². The summed E-state index contributed by atoms with van der Waals surface area (Å²) in [6.45, 7) is 0.320. The highest BCUT2D eigenvalue weighted by molar-refractivity contribution is 5.67. The number of esters is 2. The van der Waals surface area contributed by atoms with Crippen LogP contribution < -0.4 is 0 Å². The van der Waals surface area contributed by atoms with E-state index < -0.39 is 99.3 Å². The Bertz CT molecular complexity index is 660. The van der Waals surface area contributed by atoms with Gasteiger partial charge in [-0.25, -0.2) is 0 Å². The van der Waals surface area contributed by atoms with Crippen LogP contribution in [0.3, 0.4) is 0 Å². The van der Waals surface area contributed by atoms with Gasteiger partial charge in [0, 0.05) is 13.8 Å². The molecule has 2 aliphatic heterocycles. The number of rotatable bonds is 10. The molecule has 0 radical (unpaired) electrons. The predicted octanol–water partition coefficient (Wildman–Crippen LogP) is -4.88. The summed E-state index contributed by atoms with van der Waals surface area (Å²) >= 11 is 0. The zero-order valence-electron chi connectivity index (χ0n) is 18.6. The Labute approximate surface area is 194 Å². The smallest absolute Gasteiger partial charge is 0.303 e. The van der Waals surface area contributed by atoms with E-state index in [0.717, 1.165) is 13.8 Å². The number of carbonyl (C=O) groups is 2. The average Bonchev–Trinajstić information content (AvgIpc) is 2.78. The maximum absolute atomic E-state index is 11.2. The lowest BCUT2D eigenvalue weighted by atomic mass is 9.98. The lowest BCUT2D eigenvalue weighted by Crippen LogP contribution is -2.61. The second-order valence-electron chi connectivity index (χ2n) is 7.91. The van der Waals surface area contributed by atoms with Crippen LogP contribution in [0.5, 0.6) is 0 Å². The van der Waals surface area contributed by atoms with Crippen LogP contribution in [0.2, 0.25) is 0 Å². The molecule has 0 aliphatic carbocycles. The van der Waals surface area contributed by atoms with Crippen LogP contribution in [-0.2, 0) is 38.0 Å². The highest BCUT2D eigenvalue weighted by Gasteiger charge is 2.47. The molecule has 198 valence electrons. The summed E-state index contributed by atoms with van der Waals surface area (Å²) in [5.74, 6) is -1.32. The summed E-state index contributed by atoms with van der Waals surface area (Å²) in [5, 5.41) is 69.5. The van der Waals surface area contributed by atoms with E-state index in [2.05, 4.69) is 0 Å². The first-order valence-corrected chi connectivity index (χ1v) is 10.5. The fourth-order valence-corrected chi connectivity index (χ4v) is 3.35. The number of aliphatic hydroxyl groups is 7. The lowest BCUT2D eigenvalue weighted by Gasteiger charge is -2.42. The molecule has 0 spiro atoms. The zero-order chi connectivity index (χ0) is 25.6. The Morgan fingerprint density at radius 2 is 1.26 bits per heavy atom. The molecule has 2 saturated heterocycles. The SMILES string of the molecule is CC(=O)OCC(COC1OC(COC2OC(CO)[C@@H](O)C(O)C2O)[C@@H](O)C(O)C1O)OC(C)=O. The minimum Gasteiger partial charge on any atom is -0.462 e. The summed E-state index contributed by atoms with van der Waals surface area (Å²) in [6.07, 6.45) is -16.8. The van der Waals surface area contributed by atoms with Crippen LogP contribution in [0, 0.1) is 0 Å².